The third kappa shape index (κ3) is 5.20. The van der Waals surface area contributed by atoms with Crippen LogP contribution in [-0.4, -0.2) is 24.5 Å². The Balaban J connectivity index is 1.41. The minimum absolute atomic E-state index is 0.119. The molecule has 1 amide bonds. The molecule has 0 aromatic heterocycles. The van der Waals surface area contributed by atoms with E-state index in [9.17, 15) is 4.79 Å². The first-order valence-electron chi connectivity index (χ1n) is 11.8. The van der Waals surface area contributed by atoms with E-state index < -0.39 is 0 Å². The molecule has 6 heteroatoms. The zero-order chi connectivity index (χ0) is 25.1. The Morgan fingerprint density at radius 1 is 0.917 bits per heavy atom. The number of hydrogen-bond donors (Lipinski definition) is 3. The number of amides is 1. The molecule has 4 aromatic rings. The van der Waals surface area contributed by atoms with Crippen LogP contribution in [0.5, 0.6) is 0 Å². The molecule has 5 nitrogen and oxygen atoms in total. The van der Waals surface area contributed by atoms with Gasteiger partial charge in [0.15, 0.2) is 0 Å². The summed E-state index contributed by atoms with van der Waals surface area (Å²) in [5.74, 6) is -0.119. The van der Waals surface area contributed by atoms with Gasteiger partial charge in [-0.2, -0.15) is 0 Å². The van der Waals surface area contributed by atoms with Crippen molar-refractivity contribution in [1.82, 2.24) is 4.90 Å². The van der Waals surface area contributed by atoms with Crippen LogP contribution in [0.3, 0.4) is 0 Å². The maximum absolute atomic E-state index is 13.1. The predicted octanol–water partition coefficient (Wildman–Crippen LogP) is 6.44. The molecule has 0 bridgehead atoms. The van der Waals surface area contributed by atoms with Crippen LogP contribution in [0.1, 0.15) is 22.3 Å². The van der Waals surface area contributed by atoms with E-state index in [-0.39, 0.29) is 5.91 Å². The third-order valence-corrected chi connectivity index (χ3v) is 6.72. The van der Waals surface area contributed by atoms with Gasteiger partial charge >= 0.3 is 0 Å². The van der Waals surface area contributed by atoms with Crippen molar-refractivity contribution < 1.29 is 4.79 Å². The van der Waals surface area contributed by atoms with Gasteiger partial charge in [-0.3, -0.25) is 9.69 Å². The molecule has 4 N–H and O–H groups in total. The van der Waals surface area contributed by atoms with Gasteiger partial charge in [-0.1, -0.05) is 70.5 Å². The Labute approximate surface area is 219 Å². The molecule has 4 aromatic carbocycles. The van der Waals surface area contributed by atoms with Gasteiger partial charge in [0, 0.05) is 39.2 Å². The normalized spacial score (nSPS) is 13.9. The summed E-state index contributed by atoms with van der Waals surface area (Å²) in [5, 5.41) is 6.48. The SMILES string of the molecule is CN(CNc1ccc(/C(=C2\C(=O)Nc3ccc(N)cc32)c2ccccc2)cc1)Cc1ccc(Br)cc1. The fraction of sp³-hybridized carbons (Fsp3) is 0.100. The number of halogens is 1. The second-order valence-electron chi connectivity index (χ2n) is 8.93. The lowest BCUT2D eigenvalue weighted by molar-refractivity contribution is -0.110. The summed E-state index contributed by atoms with van der Waals surface area (Å²) in [7, 11) is 2.09. The van der Waals surface area contributed by atoms with Crippen LogP contribution in [-0.2, 0) is 11.3 Å². The fourth-order valence-electron chi connectivity index (χ4n) is 4.43. The molecule has 0 atom stereocenters. The zero-order valence-electron chi connectivity index (χ0n) is 20.0. The number of benzene rings is 4. The number of nitrogen functional groups attached to an aromatic ring is 1. The average molecular weight is 539 g/mol. The summed E-state index contributed by atoms with van der Waals surface area (Å²) in [6.07, 6.45) is 0. The van der Waals surface area contributed by atoms with Gasteiger partial charge in [-0.05, 0) is 66.2 Å². The first-order valence-corrected chi connectivity index (χ1v) is 12.6. The van der Waals surface area contributed by atoms with Gasteiger partial charge in [0.2, 0.25) is 0 Å². The zero-order valence-corrected chi connectivity index (χ0v) is 21.5. The van der Waals surface area contributed by atoms with Crippen LogP contribution in [0.2, 0.25) is 0 Å². The largest absolute Gasteiger partial charge is 0.399 e. The van der Waals surface area contributed by atoms with Gasteiger partial charge in [0.25, 0.3) is 5.91 Å². The molecular weight excluding hydrogens is 512 g/mol. The van der Waals surface area contributed by atoms with Crippen molar-refractivity contribution in [2.75, 3.05) is 30.1 Å². The first-order chi connectivity index (χ1) is 17.5. The van der Waals surface area contributed by atoms with Crippen molar-refractivity contribution in [2.24, 2.45) is 0 Å². The van der Waals surface area contributed by atoms with Crippen molar-refractivity contribution in [3.05, 3.63) is 124 Å². The van der Waals surface area contributed by atoms with Crippen LogP contribution in [0.25, 0.3) is 11.1 Å². The van der Waals surface area contributed by atoms with Crippen molar-refractivity contribution in [3.8, 4) is 0 Å². The number of rotatable bonds is 7. The summed E-state index contributed by atoms with van der Waals surface area (Å²) >= 11 is 3.48. The highest BCUT2D eigenvalue weighted by Crippen LogP contribution is 2.40. The van der Waals surface area contributed by atoms with E-state index in [1.54, 1.807) is 6.07 Å². The topological polar surface area (TPSA) is 70.4 Å². The monoisotopic (exact) mass is 538 g/mol. The molecule has 0 spiro atoms. The number of nitrogens with two attached hydrogens (primary N) is 1. The molecule has 0 saturated carbocycles. The molecule has 0 saturated heterocycles. The predicted molar refractivity (Wildman–Crippen MR) is 152 cm³/mol. The van der Waals surface area contributed by atoms with Gasteiger partial charge in [-0.25, -0.2) is 0 Å². The highest BCUT2D eigenvalue weighted by molar-refractivity contribution is 9.10. The highest BCUT2D eigenvalue weighted by Gasteiger charge is 2.28. The van der Waals surface area contributed by atoms with Crippen molar-refractivity contribution in [3.63, 3.8) is 0 Å². The lowest BCUT2D eigenvalue weighted by Crippen LogP contribution is -2.24. The molecule has 0 fully saturated rings. The van der Waals surface area contributed by atoms with Crippen LogP contribution < -0.4 is 16.4 Å². The molecule has 1 aliphatic heterocycles. The standard InChI is InChI=1S/C30H27BrN4O/c1-35(18-20-7-11-23(31)12-8-20)19-33-25-14-9-22(10-15-25)28(21-5-3-2-4-6-21)29-26-17-24(32)13-16-27(26)34-30(29)36/h2-17,33H,18-19,32H2,1H3,(H,34,36)/b29-28-. The second kappa shape index (κ2) is 10.4. The number of carbonyl (C=O) groups excluding carboxylic acids is 1. The molecule has 0 unspecified atom stereocenters. The Kier molecular flexibility index (Phi) is 6.89. The van der Waals surface area contributed by atoms with Crippen LogP contribution in [0.15, 0.2) is 102 Å². The Morgan fingerprint density at radius 3 is 2.33 bits per heavy atom. The fourth-order valence-corrected chi connectivity index (χ4v) is 4.70. The molecule has 1 heterocycles. The molecule has 5 rings (SSSR count). The number of fused-ring (bicyclic) bond motifs is 1. The Hall–Kier alpha value is -3.87. The van der Waals surface area contributed by atoms with Crippen LogP contribution in [0, 0.1) is 0 Å². The van der Waals surface area contributed by atoms with E-state index in [1.165, 1.54) is 5.56 Å². The summed E-state index contributed by atoms with van der Waals surface area (Å²) in [5.41, 5.74) is 14.1. The van der Waals surface area contributed by atoms with E-state index in [0.717, 1.165) is 44.7 Å². The Bertz CT molecular complexity index is 1410. The third-order valence-electron chi connectivity index (χ3n) is 6.19. The number of hydrogen-bond acceptors (Lipinski definition) is 4. The molecule has 36 heavy (non-hydrogen) atoms. The average Bonchev–Trinajstić information content (AvgIpc) is 3.20. The summed E-state index contributed by atoms with van der Waals surface area (Å²) < 4.78 is 1.08. The molecule has 1 aliphatic rings. The van der Waals surface area contributed by atoms with E-state index in [4.69, 9.17) is 5.73 Å². The van der Waals surface area contributed by atoms with Crippen LogP contribution >= 0.6 is 15.9 Å². The van der Waals surface area contributed by atoms with Gasteiger partial charge in [0.05, 0.1) is 12.2 Å². The van der Waals surface area contributed by atoms with E-state index in [2.05, 4.69) is 87.0 Å². The number of nitrogens with zero attached hydrogens (tertiary/aromatic N) is 1. The van der Waals surface area contributed by atoms with E-state index in [0.29, 0.717) is 17.9 Å². The molecule has 0 aliphatic carbocycles. The van der Waals surface area contributed by atoms with Crippen molar-refractivity contribution in [1.29, 1.82) is 0 Å². The second-order valence-corrected chi connectivity index (χ2v) is 9.84. The van der Waals surface area contributed by atoms with Gasteiger partial charge < -0.3 is 16.4 Å². The number of carbonyl (C=O) groups is 1. The van der Waals surface area contributed by atoms with Gasteiger partial charge in [0.1, 0.15) is 0 Å². The summed E-state index contributed by atoms with van der Waals surface area (Å²) in [6.45, 7) is 1.55. The molecular formula is C30H27BrN4O. The number of anilines is 3. The van der Waals surface area contributed by atoms with Crippen LogP contribution in [0.4, 0.5) is 17.1 Å². The highest BCUT2D eigenvalue weighted by atomic mass is 79.9. The molecule has 180 valence electrons. The minimum atomic E-state index is -0.119. The smallest absolute Gasteiger partial charge is 0.257 e. The molecule has 0 radical (unpaired) electrons. The van der Waals surface area contributed by atoms with Gasteiger partial charge in [-0.15, -0.1) is 0 Å². The van der Waals surface area contributed by atoms with Crippen molar-refractivity contribution in [2.45, 2.75) is 6.54 Å². The minimum Gasteiger partial charge on any atom is -0.399 e. The number of nitrogens with one attached hydrogen (secondary N) is 2. The lowest BCUT2D eigenvalue weighted by Gasteiger charge is -2.19. The summed E-state index contributed by atoms with van der Waals surface area (Å²) in [6, 6.07) is 32.1. The lowest BCUT2D eigenvalue weighted by atomic mass is 9.90. The quantitative estimate of drug-likeness (QED) is 0.144. The van der Waals surface area contributed by atoms with E-state index >= 15 is 0 Å². The summed E-state index contributed by atoms with van der Waals surface area (Å²) in [4.78, 5) is 15.3. The van der Waals surface area contributed by atoms with E-state index in [1.807, 2.05) is 42.5 Å². The maximum atomic E-state index is 13.1. The Morgan fingerprint density at radius 2 is 1.61 bits per heavy atom. The first kappa shape index (κ1) is 23.9. The van der Waals surface area contributed by atoms with Crippen molar-refractivity contribution >= 4 is 50.0 Å². The maximum Gasteiger partial charge on any atom is 0.257 e.